The zero-order valence-corrected chi connectivity index (χ0v) is 18.9. The Balaban J connectivity index is 1.39. The lowest BCUT2D eigenvalue weighted by Crippen LogP contribution is -2.62. The maximum atomic E-state index is 13.1. The van der Waals surface area contributed by atoms with Gasteiger partial charge in [0, 0.05) is 52.0 Å². The summed E-state index contributed by atoms with van der Waals surface area (Å²) in [5.74, 6) is -0.318. The van der Waals surface area contributed by atoms with Crippen LogP contribution in [0.1, 0.15) is 30.7 Å². The topological polar surface area (TPSA) is 89.8 Å². The minimum atomic E-state index is -0.629. The Labute approximate surface area is 192 Å². The molecule has 2 atom stereocenters. The number of fused-ring (bicyclic) bond motifs is 2. The van der Waals surface area contributed by atoms with Crippen LogP contribution < -0.4 is 10.6 Å². The van der Waals surface area contributed by atoms with E-state index in [4.69, 9.17) is 0 Å². The van der Waals surface area contributed by atoms with Gasteiger partial charge in [-0.05, 0) is 23.3 Å². The number of aromatic amines is 2. The van der Waals surface area contributed by atoms with Crippen molar-refractivity contribution in [1.82, 2.24) is 20.6 Å². The van der Waals surface area contributed by atoms with Crippen molar-refractivity contribution in [3.8, 4) is 0 Å². The van der Waals surface area contributed by atoms with Gasteiger partial charge in [-0.15, -0.1) is 6.58 Å². The predicted octanol–water partition coefficient (Wildman–Crippen LogP) is 3.88. The molecule has 1 fully saturated rings. The summed E-state index contributed by atoms with van der Waals surface area (Å²) in [4.78, 5) is 32.8. The van der Waals surface area contributed by atoms with E-state index in [1.165, 1.54) is 0 Å². The predicted molar refractivity (Wildman–Crippen MR) is 131 cm³/mol. The van der Waals surface area contributed by atoms with Crippen LogP contribution in [0.5, 0.6) is 0 Å². The molecule has 6 heteroatoms. The van der Waals surface area contributed by atoms with Gasteiger partial charge < -0.3 is 20.6 Å². The Bertz CT molecular complexity index is 1380. The number of nitrogens with one attached hydrogen (secondary N) is 4. The summed E-state index contributed by atoms with van der Waals surface area (Å²) in [5, 5.41) is 8.06. The Kier molecular flexibility index (Phi) is 5.08. The lowest BCUT2D eigenvalue weighted by atomic mass is 9.84. The summed E-state index contributed by atoms with van der Waals surface area (Å²) in [6.45, 7) is 8.17. The molecule has 5 rings (SSSR count). The quantitative estimate of drug-likeness (QED) is 0.343. The van der Waals surface area contributed by atoms with Crippen molar-refractivity contribution >= 4 is 33.6 Å². The number of aromatic nitrogens is 2. The van der Waals surface area contributed by atoms with Crippen LogP contribution in [0.25, 0.3) is 21.8 Å². The van der Waals surface area contributed by atoms with Gasteiger partial charge in [-0.3, -0.25) is 9.59 Å². The summed E-state index contributed by atoms with van der Waals surface area (Å²) >= 11 is 0. The number of benzene rings is 2. The molecule has 0 radical (unpaired) electrons. The largest absolute Gasteiger partial charge is 0.361 e. The molecule has 168 valence electrons. The first-order valence-corrected chi connectivity index (χ1v) is 11.3. The van der Waals surface area contributed by atoms with Crippen LogP contribution in [0.2, 0.25) is 0 Å². The molecule has 0 saturated carbocycles. The van der Waals surface area contributed by atoms with Crippen LogP contribution in [0.15, 0.2) is 67.4 Å². The normalized spacial score (nSPS) is 19.0. The van der Waals surface area contributed by atoms with Gasteiger partial charge in [-0.25, -0.2) is 0 Å². The van der Waals surface area contributed by atoms with E-state index in [9.17, 15) is 9.59 Å². The highest BCUT2D eigenvalue weighted by Crippen LogP contribution is 2.33. The van der Waals surface area contributed by atoms with Crippen molar-refractivity contribution in [3.63, 3.8) is 0 Å². The maximum absolute atomic E-state index is 13.1. The number of para-hydroxylation sites is 2. The fraction of sp³-hybridized carbons (Fsp3) is 0.259. The molecular formula is C27H28N4O2. The standard InChI is InChI=1S/C27H28N4O2/c1-4-27(2,3)24-19(18-10-6-8-12-21(18)29-24)14-23-26(33)30-22(25(32)31-23)13-16-15-28-20-11-7-5-9-17(16)20/h4-12,15,22-23,28-29H,1,13-14H2,2-3H3,(H,30,33)(H,31,32)/t22-,23+/m0/s1. The minimum Gasteiger partial charge on any atom is -0.361 e. The molecule has 1 saturated heterocycles. The SMILES string of the molecule is C=CC(C)(C)c1[nH]c2ccccc2c1C[C@H]1NC(=O)[C@H](Cc2c[nH]c3ccccc23)NC1=O. The molecule has 33 heavy (non-hydrogen) atoms. The van der Waals surface area contributed by atoms with Crippen LogP contribution in [-0.2, 0) is 27.8 Å². The Hall–Kier alpha value is -3.80. The van der Waals surface area contributed by atoms with E-state index < -0.39 is 12.1 Å². The van der Waals surface area contributed by atoms with Crippen molar-refractivity contribution in [2.75, 3.05) is 0 Å². The van der Waals surface area contributed by atoms with Crippen molar-refractivity contribution in [3.05, 3.63) is 84.2 Å². The molecule has 0 aliphatic carbocycles. The van der Waals surface area contributed by atoms with Crippen molar-refractivity contribution < 1.29 is 9.59 Å². The fourth-order valence-corrected chi connectivity index (χ4v) is 4.75. The number of hydrogen-bond acceptors (Lipinski definition) is 2. The van der Waals surface area contributed by atoms with Crippen molar-refractivity contribution in [2.24, 2.45) is 0 Å². The van der Waals surface area contributed by atoms with Crippen LogP contribution in [0.3, 0.4) is 0 Å². The highest BCUT2D eigenvalue weighted by atomic mass is 16.2. The van der Waals surface area contributed by atoms with Crippen LogP contribution in [-0.4, -0.2) is 33.9 Å². The molecule has 0 unspecified atom stereocenters. The Morgan fingerprint density at radius 3 is 2.18 bits per heavy atom. The van der Waals surface area contributed by atoms with Crippen LogP contribution in [0.4, 0.5) is 0 Å². The lowest BCUT2D eigenvalue weighted by molar-refractivity contribution is -0.136. The highest BCUT2D eigenvalue weighted by Gasteiger charge is 2.36. The number of H-pyrrole nitrogens is 2. The average molecular weight is 441 g/mol. The van der Waals surface area contributed by atoms with E-state index in [-0.39, 0.29) is 17.2 Å². The first-order valence-electron chi connectivity index (χ1n) is 11.3. The van der Waals surface area contributed by atoms with Gasteiger partial charge in [0.05, 0.1) is 0 Å². The molecule has 2 aromatic carbocycles. The molecule has 6 nitrogen and oxygen atoms in total. The van der Waals surface area contributed by atoms with Crippen molar-refractivity contribution in [1.29, 1.82) is 0 Å². The number of carbonyl (C=O) groups is 2. The van der Waals surface area contributed by atoms with Gasteiger partial charge in [0.1, 0.15) is 12.1 Å². The third kappa shape index (κ3) is 3.71. The lowest BCUT2D eigenvalue weighted by Gasteiger charge is -2.30. The molecule has 3 heterocycles. The summed E-state index contributed by atoms with van der Waals surface area (Å²) in [5.41, 5.74) is 4.78. The monoisotopic (exact) mass is 440 g/mol. The first-order chi connectivity index (χ1) is 15.9. The summed E-state index contributed by atoms with van der Waals surface area (Å²) < 4.78 is 0. The number of hydrogen-bond donors (Lipinski definition) is 4. The smallest absolute Gasteiger partial charge is 0.243 e. The third-order valence-corrected chi connectivity index (χ3v) is 6.74. The molecule has 0 bridgehead atoms. The fourth-order valence-electron chi connectivity index (χ4n) is 4.75. The molecule has 4 aromatic rings. The third-order valence-electron chi connectivity index (χ3n) is 6.74. The van der Waals surface area contributed by atoms with Gasteiger partial charge >= 0.3 is 0 Å². The zero-order valence-electron chi connectivity index (χ0n) is 18.9. The van der Waals surface area contributed by atoms with Gasteiger partial charge in [-0.1, -0.05) is 56.3 Å². The number of allylic oxidation sites excluding steroid dienone is 1. The number of rotatable bonds is 6. The van der Waals surface area contributed by atoms with Gasteiger partial charge in [0.25, 0.3) is 0 Å². The molecule has 4 N–H and O–H groups in total. The second kappa shape index (κ2) is 7.96. The summed E-state index contributed by atoms with van der Waals surface area (Å²) in [6.07, 6.45) is 4.66. The van der Waals surface area contributed by atoms with E-state index >= 15 is 0 Å². The molecule has 2 amide bonds. The van der Waals surface area contributed by atoms with Gasteiger partial charge in [0.15, 0.2) is 0 Å². The minimum absolute atomic E-state index is 0.158. The number of piperazine rings is 1. The highest BCUT2D eigenvalue weighted by molar-refractivity contribution is 5.98. The van der Waals surface area contributed by atoms with E-state index in [0.717, 1.165) is 38.6 Å². The van der Waals surface area contributed by atoms with E-state index in [1.807, 2.05) is 60.8 Å². The zero-order chi connectivity index (χ0) is 23.2. The molecular weight excluding hydrogens is 412 g/mol. The molecule has 1 aliphatic heterocycles. The van der Waals surface area contributed by atoms with E-state index in [1.54, 1.807) is 0 Å². The Morgan fingerprint density at radius 1 is 0.879 bits per heavy atom. The summed E-state index contributed by atoms with van der Waals surface area (Å²) in [6, 6.07) is 14.8. The first kappa shape index (κ1) is 21.1. The van der Waals surface area contributed by atoms with Gasteiger partial charge in [0.2, 0.25) is 11.8 Å². The molecule has 2 aromatic heterocycles. The van der Waals surface area contributed by atoms with Crippen LogP contribution in [0, 0.1) is 0 Å². The summed E-state index contributed by atoms with van der Waals surface area (Å²) in [7, 11) is 0. The van der Waals surface area contributed by atoms with E-state index in [2.05, 4.69) is 41.0 Å². The second-order valence-corrected chi connectivity index (χ2v) is 9.34. The second-order valence-electron chi connectivity index (χ2n) is 9.34. The molecule has 0 spiro atoms. The van der Waals surface area contributed by atoms with Crippen LogP contribution >= 0.6 is 0 Å². The van der Waals surface area contributed by atoms with Crippen molar-refractivity contribution in [2.45, 2.75) is 44.2 Å². The van der Waals surface area contributed by atoms with E-state index in [0.29, 0.717) is 12.8 Å². The number of amides is 2. The number of carbonyl (C=O) groups excluding carboxylic acids is 2. The Morgan fingerprint density at radius 2 is 1.48 bits per heavy atom. The van der Waals surface area contributed by atoms with Gasteiger partial charge in [-0.2, -0.15) is 0 Å². The average Bonchev–Trinajstić information content (AvgIpc) is 3.39. The maximum Gasteiger partial charge on any atom is 0.243 e. The molecule has 1 aliphatic rings.